The third kappa shape index (κ3) is 7.48. The van der Waals surface area contributed by atoms with E-state index in [2.05, 4.69) is 26.8 Å². The molecule has 1 aliphatic rings. The van der Waals surface area contributed by atoms with E-state index in [1.807, 2.05) is 4.90 Å². The van der Waals surface area contributed by atoms with E-state index in [0.717, 1.165) is 13.1 Å². The first-order valence-electron chi connectivity index (χ1n) is 8.75. The van der Waals surface area contributed by atoms with Crippen LogP contribution in [-0.4, -0.2) is 87.4 Å². The third-order valence-corrected chi connectivity index (χ3v) is 3.39. The van der Waals surface area contributed by atoms with E-state index in [1.54, 1.807) is 6.08 Å². The average Bonchev–Trinajstić information content (AvgIpc) is 2.69. The van der Waals surface area contributed by atoms with Crippen LogP contribution in [0.25, 0.3) is 0 Å². The predicted molar refractivity (Wildman–Crippen MR) is 97.7 cm³/mol. The molecule has 2 heterocycles. The lowest BCUT2D eigenvalue weighted by molar-refractivity contribution is 0.0547. The Morgan fingerprint density at radius 3 is 2.62 bits per heavy atom. The summed E-state index contributed by atoms with van der Waals surface area (Å²) in [6.45, 7) is 9.91. The molecule has 0 atom stereocenters. The second-order valence-electron chi connectivity index (χ2n) is 5.38. The van der Waals surface area contributed by atoms with Crippen LogP contribution in [0.1, 0.15) is 0 Å². The van der Waals surface area contributed by atoms with Gasteiger partial charge in [-0.2, -0.15) is 15.0 Å². The van der Waals surface area contributed by atoms with Crippen molar-refractivity contribution in [2.75, 3.05) is 82.6 Å². The molecule has 10 nitrogen and oxygen atoms in total. The Hall–Kier alpha value is -2.01. The molecular weight excluding hydrogens is 340 g/mol. The van der Waals surface area contributed by atoms with Gasteiger partial charge in [0.25, 0.3) is 0 Å². The summed E-state index contributed by atoms with van der Waals surface area (Å²) in [5, 5.41) is 3.13. The highest BCUT2D eigenvalue weighted by Gasteiger charge is 2.17. The van der Waals surface area contributed by atoms with Crippen molar-refractivity contribution in [3.63, 3.8) is 0 Å². The lowest BCUT2D eigenvalue weighted by Crippen LogP contribution is -2.37. The van der Waals surface area contributed by atoms with Crippen molar-refractivity contribution >= 4 is 11.9 Å². The van der Waals surface area contributed by atoms with E-state index in [9.17, 15) is 0 Å². The van der Waals surface area contributed by atoms with Gasteiger partial charge < -0.3 is 34.9 Å². The van der Waals surface area contributed by atoms with Gasteiger partial charge in [0, 0.05) is 26.2 Å². The molecule has 0 unspecified atom stereocenters. The van der Waals surface area contributed by atoms with E-state index in [1.165, 1.54) is 0 Å². The fourth-order valence-electron chi connectivity index (χ4n) is 2.17. The van der Waals surface area contributed by atoms with Crippen molar-refractivity contribution < 1.29 is 18.9 Å². The number of morpholine rings is 1. The number of aromatic nitrogens is 3. The average molecular weight is 368 g/mol. The van der Waals surface area contributed by atoms with Crippen LogP contribution in [0, 0.1) is 0 Å². The molecule has 0 spiro atoms. The molecule has 0 amide bonds. The topological polar surface area (TPSA) is 117 Å². The Balaban J connectivity index is 1.84. The Morgan fingerprint density at radius 2 is 1.88 bits per heavy atom. The van der Waals surface area contributed by atoms with Gasteiger partial charge in [-0.05, 0) is 0 Å². The molecule has 0 aliphatic carbocycles. The van der Waals surface area contributed by atoms with Crippen LogP contribution in [0.15, 0.2) is 12.7 Å². The number of hydrogen-bond donors (Lipinski definition) is 2. The van der Waals surface area contributed by atoms with E-state index >= 15 is 0 Å². The van der Waals surface area contributed by atoms with Crippen LogP contribution in [-0.2, 0) is 14.2 Å². The largest absolute Gasteiger partial charge is 0.459 e. The maximum absolute atomic E-state index is 5.47. The minimum Gasteiger partial charge on any atom is -0.459 e. The maximum Gasteiger partial charge on any atom is 0.323 e. The van der Waals surface area contributed by atoms with Gasteiger partial charge >= 0.3 is 6.01 Å². The van der Waals surface area contributed by atoms with Gasteiger partial charge in [-0.3, -0.25) is 0 Å². The number of ether oxygens (including phenoxy) is 4. The third-order valence-electron chi connectivity index (χ3n) is 3.39. The monoisotopic (exact) mass is 368 g/mol. The van der Waals surface area contributed by atoms with Crippen molar-refractivity contribution in [3.05, 3.63) is 12.7 Å². The van der Waals surface area contributed by atoms with E-state index in [0.29, 0.717) is 71.2 Å². The minimum absolute atomic E-state index is 0.264. The molecule has 1 fully saturated rings. The van der Waals surface area contributed by atoms with Gasteiger partial charge in [-0.15, -0.1) is 0 Å². The number of hydrogen-bond acceptors (Lipinski definition) is 10. The smallest absolute Gasteiger partial charge is 0.323 e. The quantitative estimate of drug-likeness (QED) is 0.354. The second kappa shape index (κ2) is 12.4. The Labute approximate surface area is 153 Å². The summed E-state index contributed by atoms with van der Waals surface area (Å²) in [5.41, 5.74) is 5.34. The highest BCUT2D eigenvalue weighted by Crippen LogP contribution is 2.16. The second-order valence-corrected chi connectivity index (χ2v) is 5.38. The molecular formula is C16H28N6O4. The summed E-state index contributed by atoms with van der Waals surface area (Å²) < 4.78 is 21.6. The van der Waals surface area contributed by atoms with Crippen molar-refractivity contribution in [2.24, 2.45) is 5.73 Å². The highest BCUT2D eigenvalue weighted by atomic mass is 16.5. The molecule has 1 aromatic rings. The first-order chi connectivity index (χ1) is 12.8. The van der Waals surface area contributed by atoms with Crippen LogP contribution in [0.4, 0.5) is 11.9 Å². The molecule has 0 radical (unpaired) electrons. The summed E-state index contributed by atoms with van der Waals surface area (Å²) in [5.74, 6) is 1.02. The number of rotatable bonds is 13. The SMILES string of the molecule is C=CCOc1nc(NCCOCCOCCN)nc(N2CCOCC2)n1. The summed E-state index contributed by atoms with van der Waals surface area (Å²) in [7, 11) is 0. The summed E-state index contributed by atoms with van der Waals surface area (Å²) in [6, 6.07) is 0.264. The zero-order valence-electron chi connectivity index (χ0n) is 15.1. The molecule has 2 rings (SSSR count). The summed E-state index contributed by atoms with van der Waals surface area (Å²) >= 11 is 0. The lowest BCUT2D eigenvalue weighted by Gasteiger charge is -2.27. The standard InChI is InChI=1S/C16H28N6O4/c1-2-7-26-16-20-14(18-4-9-24-13-12-23-8-3-17)19-15(21-16)22-5-10-25-11-6-22/h2H,1,3-13,17H2,(H,18,19,20,21). The zero-order valence-corrected chi connectivity index (χ0v) is 15.1. The van der Waals surface area contributed by atoms with Crippen molar-refractivity contribution in [3.8, 4) is 6.01 Å². The highest BCUT2D eigenvalue weighted by molar-refractivity contribution is 5.38. The number of nitrogens with zero attached hydrogens (tertiary/aromatic N) is 4. The summed E-state index contributed by atoms with van der Waals surface area (Å²) in [4.78, 5) is 15.1. The first-order valence-corrected chi connectivity index (χ1v) is 8.75. The predicted octanol–water partition coefficient (Wildman–Crippen LogP) is -0.323. The van der Waals surface area contributed by atoms with E-state index in [-0.39, 0.29) is 6.01 Å². The number of anilines is 2. The fraction of sp³-hybridized carbons (Fsp3) is 0.688. The molecule has 0 bridgehead atoms. The zero-order chi connectivity index (χ0) is 18.5. The molecule has 26 heavy (non-hydrogen) atoms. The fourth-order valence-corrected chi connectivity index (χ4v) is 2.17. The molecule has 10 heteroatoms. The Kier molecular flexibility index (Phi) is 9.65. The molecule has 1 aromatic heterocycles. The van der Waals surface area contributed by atoms with Gasteiger partial charge in [-0.1, -0.05) is 12.7 Å². The Morgan fingerprint density at radius 1 is 1.12 bits per heavy atom. The van der Waals surface area contributed by atoms with E-state index < -0.39 is 0 Å². The van der Waals surface area contributed by atoms with Gasteiger partial charge in [0.1, 0.15) is 6.61 Å². The molecule has 3 N–H and O–H groups in total. The van der Waals surface area contributed by atoms with Gasteiger partial charge in [-0.25, -0.2) is 0 Å². The molecule has 146 valence electrons. The molecule has 1 aliphatic heterocycles. The van der Waals surface area contributed by atoms with Gasteiger partial charge in [0.15, 0.2) is 0 Å². The minimum atomic E-state index is 0.264. The van der Waals surface area contributed by atoms with Crippen LogP contribution in [0.2, 0.25) is 0 Å². The van der Waals surface area contributed by atoms with Crippen LogP contribution in [0.3, 0.4) is 0 Å². The van der Waals surface area contributed by atoms with Crippen LogP contribution < -0.4 is 20.7 Å². The summed E-state index contributed by atoms with van der Waals surface area (Å²) in [6.07, 6.45) is 1.64. The van der Waals surface area contributed by atoms with Crippen LogP contribution in [0.5, 0.6) is 6.01 Å². The molecule has 0 aromatic carbocycles. The van der Waals surface area contributed by atoms with Crippen molar-refractivity contribution in [1.29, 1.82) is 0 Å². The van der Waals surface area contributed by atoms with E-state index in [4.69, 9.17) is 24.7 Å². The molecule has 1 saturated heterocycles. The Bertz CT molecular complexity index is 527. The van der Waals surface area contributed by atoms with Crippen LogP contribution >= 0.6 is 0 Å². The van der Waals surface area contributed by atoms with Crippen molar-refractivity contribution in [1.82, 2.24) is 15.0 Å². The normalized spacial score (nSPS) is 14.3. The number of nitrogens with one attached hydrogen (secondary N) is 1. The van der Waals surface area contributed by atoms with Gasteiger partial charge in [0.05, 0.1) is 39.6 Å². The van der Waals surface area contributed by atoms with Gasteiger partial charge in [0.2, 0.25) is 11.9 Å². The van der Waals surface area contributed by atoms with Crippen molar-refractivity contribution in [2.45, 2.75) is 0 Å². The first kappa shape index (κ1) is 20.3. The number of nitrogens with two attached hydrogens (primary N) is 1. The maximum atomic E-state index is 5.47. The lowest BCUT2D eigenvalue weighted by atomic mass is 10.4. The molecule has 0 saturated carbocycles.